The normalized spacial score (nSPS) is 22.4. The summed E-state index contributed by atoms with van der Waals surface area (Å²) in [6, 6.07) is -0.398. The molecule has 0 aromatic heterocycles. The number of rotatable bonds is 3. The molecule has 0 aromatic carbocycles. The summed E-state index contributed by atoms with van der Waals surface area (Å²) in [6.45, 7) is 10.2. The number of likely N-dealkylation sites (N-methyl/N-ethyl adjacent to an activating group) is 1. The van der Waals surface area contributed by atoms with Crippen LogP contribution in [0, 0.1) is 5.41 Å². The predicted octanol–water partition coefficient (Wildman–Crippen LogP) is 1.22. The molecule has 1 rings (SSSR count). The molecule has 1 aliphatic heterocycles. The predicted molar refractivity (Wildman–Crippen MR) is 77.7 cm³/mol. The van der Waals surface area contributed by atoms with E-state index in [1.165, 1.54) is 0 Å². The fourth-order valence-corrected chi connectivity index (χ4v) is 2.42. The van der Waals surface area contributed by atoms with Gasteiger partial charge in [-0.1, -0.05) is 20.8 Å². The quantitative estimate of drug-likeness (QED) is 0.818. The molecule has 2 unspecified atom stereocenters. The average molecular weight is 285 g/mol. The van der Waals surface area contributed by atoms with Crippen LogP contribution >= 0.6 is 0 Å². The van der Waals surface area contributed by atoms with Crippen molar-refractivity contribution in [2.75, 3.05) is 26.7 Å². The molecule has 1 fully saturated rings. The van der Waals surface area contributed by atoms with Crippen LogP contribution in [0.25, 0.3) is 0 Å². The molecule has 6 heteroatoms. The molecular formula is C14H27N3O3. The lowest BCUT2D eigenvalue weighted by Gasteiger charge is -2.40. The van der Waals surface area contributed by atoms with Gasteiger partial charge in [-0.25, -0.2) is 4.79 Å². The number of amides is 2. The highest BCUT2D eigenvalue weighted by atomic mass is 16.4. The molecule has 0 spiro atoms. The van der Waals surface area contributed by atoms with E-state index in [0.717, 1.165) is 13.1 Å². The van der Waals surface area contributed by atoms with Gasteiger partial charge < -0.3 is 20.2 Å². The first-order valence-electron chi connectivity index (χ1n) is 7.08. The standard InChI is InChI=1S/C14H27N3O3/c1-10-9-16(5)6-7-17(10)13(20)15-11(8-12(18)19)14(2,3)4/h10-11H,6-9H2,1-5H3,(H,15,20)(H,18,19). The number of nitrogens with zero attached hydrogens (tertiary/aromatic N) is 2. The molecular weight excluding hydrogens is 258 g/mol. The minimum atomic E-state index is -0.892. The Kier molecular flexibility index (Phi) is 5.39. The Hall–Kier alpha value is -1.30. The maximum absolute atomic E-state index is 12.4. The Morgan fingerprint density at radius 3 is 2.40 bits per heavy atom. The highest BCUT2D eigenvalue weighted by molar-refractivity contribution is 5.76. The van der Waals surface area contributed by atoms with Gasteiger partial charge in [-0.05, 0) is 19.4 Å². The van der Waals surface area contributed by atoms with E-state index >= 15 is 0 Å². The van der Waals surface area contributed by atoms with Crippen molar-refractivity contribution in [3.8, 4) is 0 Å². The molecule has 0 saturated carbocycles. The maximum atomic E-state index is 12.4. The molecule has 0 aromatic rings. The minimum Gasteiger partial charge on any atom is -0.481 e. The molecule has 1 heterocycles. The van der Waals surface area contributed by atoms with Gasteiger partial charge in [0, 0.05) is 31.7 Å². The van der Waals surface area contributed by atoms with Crippen molar-refractivity contribution < 1.29 is 14.7 Å². The van der Waals surface area contributed by atoms with Crippen LogP contribution in [0.1, 0.15) is 34.1 Å². The zero-order valence-corrected chi connectivity index (χ0v) is 13.1. The third kappa shape index (κ3) is 4.67. The number of urea groups is 1. The number of carbonyl (C=O) groups excluding carboxylic acids is 1. The van der Waals surface area contributed by atoms with Crippen molar-refractivity contribution in [3.63, 3.8) is 0 Å². The first-order chi connectivity index (χ1) is 9.11. The number of nitrogens with one attached hydrogen (secondary N) is 1. The molecule has 0 bridgehead atoms. The lowest BCUT2D eigenvalue weighted by atomic mass is 9.85. The second-order valence-corrected chi connectivity index (χ2v) is 6.77. The second-order valence-electron chi connectivity index (χ2n) is 6.77. The Morgan fingerprint density at radius 2 is 1.95 bits per heavy atom. The van der Waals surface area contributed by atoms with Gasteiger partial charge in [-0.3, -0.25) is 4.79 Å². The first kappa shape index (κ1) is 16.8. The first-order valence-corrected chi connectivity index (χ1v) is 7.08. The monoisotopic (exact) mass is 285 g/mol. The number of hydrogen-bond acceptors (Lipinski definition) is 3. The molecule has 6 nitrogen and oxygen atoms in total. The van der Waals surface area contributed by atoms with Crippen LogP contribution in [0.5, 0.6) is 0 Å². The van der Waals surface area contributed by atoms with E-state index in [9.17, 15) is 9.59 Å². The summed E-state index contributed by atoms with van der Waals surface area (Å²) < 4.78 is 0. The van der Waals surface area contributed by atoms with E-state index < -0.39 is 5.97 Å². The van der Waals surface area contributed by atoms with Gasteiger partial charge in [0.15, 0.2) is 0 Å². The van der Waals surface area contributed by atoms with Gasteiger partial charge in [-0.2, -0.15) is 0 Å². The van der Waals surface area contributed by atoms with Crippen molar-refractivity contribution in [2.24, 2.45) is 5.41 Å². The average Bonchev–Trinajstić information content (AvgIpc) is 2.25. The van der Waals surface area contributed by atoms with Crippen molar-refractivity contribution in [1.29, 1.82) is 0 Å². The number of piperazine rings is 1. The van der Waals surface area contributed by atoms with Gasteiger partial charge in [0.1, 0.15) is 0 Å². The van der Waals surface area contributed by atoms with E-state index in [-0.39, 0.29) is 30.0 Å². The largest absolute Gasteiger partial charge is 0.481 e. The van der Waals surface area contributed by atoms with Crippen molar-refractivity contribution in [1.82, 2.24) is 15.1 Å². The zero-order chi connectivity index (χ0) is 15.5. The Morgan fingerprint density at radius 1 is 1.35 bits per heavy atom. The van der Waals surface area contributed by atoms with Crippen LogP contribution < -0.4 is 5.32 Å². The smallest absolute Gasteiger partial charge is 0.317 e. The van der Waals surface area contributed by atoms with E-state index in [2.05, 4.69) is 10.2 Å². The fourth-order valence-electron chi connectivity index (χ4n) is 2.42. The second kappa shape index (κ2) is 6.43. The summed E-state index contributed by atoms with van der Waals surface area (Å²) in [5.41, 5.74) is -0.288. The third-order valence-electron chi connectivity index (χ3n) is 3.81. The lowest BCUT2D eigenvalue weighted by Crippen LogP contribution is -2.58. The highest BCUT2D eigenvalue weighted by Gasteiger charge is 2.32. The van der Waals surface area contributed by atoms with E-state index in [1.54, 1.807) is 4.90 Å². The minimum absolute atomic E-state index is 0.0582. The van der Waals surface area contributed by atoms with Crippen molar-refractivity contribution in [2.45, 2.75) is 46.2 Å². The molecule has 0 radical (unpaired) electrons. The van der Waals surface area contributed by atoms with Crippen LogP contribution in [-0.2, 0) is 4.79 Å². The van der Waals surface area contributed by atoms with Crippen LogP contribution in [-0.4, -0.2) is 65.7 Å². The van der Waals surface area contributed by atoms with Crippen molar-refractivity contribution >= 4 is 12.0 Å². The molecule has 0 aliphatic carbocycles. The lowest BCUT2D eigenvalue weighted by molar-refractivity contribution is -0.138. The number of carbonyl (C=O) groups is 2. The zero-order valence-electron chi connectivity index (χ0n) is 13.1. The van der Waals surface area contributed by atoms with Gasteiger partial charge in [0.2, 0.25) is 0 Å². The molecule has 2 N–H and O–H groups in total. The molecule has 116 valence electrons. The van der Waals surface area contributed by atoms with Crippen LogP contribution in [0.4, 0.5) is 4.79 Å². The topological polar surface area (TPSA) is 72.9 Å². The maximum Gasteiger partial charge on any atom is 0.317 e. The SMILES string of the molecule is CC1CN(C)CCN1C(=O)NC(CC(=O)O)C(C)(C)C. The van der Waals surface area contributed by atoms with Gasteiger partial charge >= 0.3 is 12.0 Å². The van der Waals surface area contributed by atoms with E-state index in [4.69, 9.17) is 5.11 Å². The highest BCUT2D eigenvalue weighted by Crippen LogP contribution is 2.22. The molecule has 2 amide bonds. The summed E-state index contributed by atoms with van der Waals surface area (Å²) in [5, 5.41) is 11.9. The van der Waals surface area contributed by atoms with Gasteiger partial charge in [0.25, 0.3) is 0 Å². The number of carboxylic acids is 1. The summed E-state index contributed by atoms with van der Waals surface area (Å²) in [5.74, 6) is -0.892. The molecule has 20 heavy (non-hydrogen) atoms. The van der Waals surface area contributed by atoms with Crippen LogP contribution in [0.3, 0.4) is 0 Å². The van der Waals surface area contributed by atoms with Gasteiger partial charge in [-0.15, -0.1) is 0 Å². The van der Waals surface area contributed by atoms with Crippen molar-refractivity contribution in [3.05, 3.63) is 0 Å². The molecule has 2 atom stereocenters. The van der Waals surface area contributed by atoms with E-state index in [0.29, 0.717) is 6.54 Å². The van der Waals surface area contributed by atoms with E-state index in [1.807, 2.05) is 34.7 Å². The Balaban J connectivity index is 2.68. The fraction of sp³-hybridized carbons (Fsp3) is 0.857. The third-order valence-corrected chi connectivity index (χ3v) is 3.81. The Bertz CT molecular complexity index is 365. The summed E-state index contributed by atoms with van der Waals surface area (Å²) >= 11 is 0. The number of carboxylic acid groups (broad SMARTS) is 1. The van der Waals surface area contributed by atoms with Crippen LogP contribution in [0.2, 0.25) is 0 Å². The van der Waals surface area contributed by atoms with Crippen LogP contribution in [0.15, 0.2) is 0 Å². The molecule has 1 aliphatic rings. The number of aliphatic carboxylic acids is 1. The summed E-state index contributed by atoms with van der Waals surface area (Å²) in [4.78, 5) is 27.3. The Labute approximate surface area is 121 Å². The summed E-state index contributed by atoms with van der Waals surface area (Å²) in [7, 11) is 2.04. The van der Waals surface area contributed by atoms with Gasteiger partial charge in [0.05, 0.1) is 6.42 Å². The summed E-state index contributed by atoms with van der Waals surface area (Å²) in [6.07, 6.45) is -0.0582. The number of hydrogen-bond donors (Lipinski definition) is 2. The molecule has 1 saturated heterocycles.